The highest BCUT2D eigenvalue weighted by Crippen LogP contribution is 2.19. The minimum absolute atomic E-state index is 0.270. The number of halogens is 1. The van der Waals surface area contributed by atoms with Crippen LogP contribution in [0.4, 0.5) is 4.39 Å². The van der Waals surface area contributed by atoms with Gasteiger partial charge < -0.3 is 9.47 Å². The van der Waals surface area contributed by atoms with Crippen LogP contribution in [0.1, 0.15) is 5.56 Å². The van der Waals surface area contributed by atoms with E-state index in [-0.39, 0.29) is 11.6 Å². The molecular weight excluding hydrogens is 231 g/mol. The Bertz CT molecular complexity index is 497. The Kier molecular flexibility index (Phi) is 4.18. The summed E-state index contributed by atoms with van der Waals surface area (Å²) in [6, 6.07) is 14.6. The van der Waals surface area contributed by atoms with E-state index < -0.39 is 0 Å². The van der Waals surface area contributed by atoms with E-state index in [0.29, 0.717) is 18.8 Å². The van der Waals surface area contributed by atoms with E-state index in [4.69, 9.17) is 9.47 Å². The third-order valence-electron chi connectivity index (χ3n) is 2.51. The molecule has 0 aromatic heterocycles. The molecule has 2 nitrogen and oxygen atoms in total. The molecule has 0 saturated carbocycles. The van der Waals surface area contributed by atoms with Crippen LogP contribution in [-0.2, 0) is 0 Å². The van der Waals surface area contributed by atoms with Crippen molar-refractivity contribution in [3.8, 4) is 11.5 Å². The topological polar surface area (TPSA) is 18.5 Å². The molecule has 18 heavy (non-hydrogen) atoms. The van der Waals surface area contributed by atoms with E-state index in [1.165, 1.54) is 0 Å². The lowest BCUT2D eigenvalue weighted by molar-refractivity contribution is 0.211. The van der Waals surface area contributed by atoms with Gasteiger partial charge in [-0.15, -0.1) is 0 Å². The lowest BCUT2D eigenvalue weighted by Gasteiger charge is -2.09. The van der Waals surface area contributed by atoms with Gasteiger partial charge in [-0.05, 0) is 30.7 Å². The van der Waals surface area contributed by atoms with Crippen molar-refractivity contribution in [3.05, 3.63) is 59.9 Å². The number of benzene rings is 2. The molecule has 2 aromatic rings. The molecule has 2 aromatic carbocycles. The summed E-state index contributed by atoms with van der Waals surface area (Å²) in [6.45, 7) is 2.41. The van der Waals surface area contributed by atoms with E-state index in [0.717, 1.165) is 5.75 Å². The Morgan fingerprint density at radius 2 is 1.61 bits per heavy atom. The molecule has 2 rings (SSSR count). The molecule has 0 radical (unpaired) electrons. The second-order valence-electron chi connectivity index (χ2n) is 3.90. The van der Waals surface area contributed by atoms with E-state index in [1.54, 1.807) is 25.1 Å². The predicted molar refractivity (Wildman–Crippen MR) is 68.6 cm³/mol. The lowest BCUT2D eigenvalue weighted by Crippen LogP contribution is -2.09. The number of rotatable bonds is 5. The zero-order valence-corrected chi connectivity index (χ0v) is 10.2. The summed E-state index contributed by atoms with van der Waals surface area (Å²) in [5.74, 6) is 0.745. The SMILES string of the molecule is Cc1cccc(OCCOc2ccccc2)c1F. The smallest absolute Gasteiger partial charge is 0.167 e. The average Bonchev–Trinajstić information content (AvgIpc) is 2.40. The van der Waals surface area contributed by atoms with Gasteiger partial charge in [-0.3, -0.25) is 0 Å². The fourth-order valence-corrected chi connectivity index (χ4v) is 1.56. The molecule has 0 saturated heterocycles. The molecule has 0 heterocycles. The second-order valence-corrected chi connectivity index (χ2v) is 3.90. The van der Waals surface area contributed by atoms with Crippen LogP contribution in [-0.4, -0.2) is 13.2 Å². The highest BCUT2D eigenvalue weighted by atomic mass is 19.1. The Morgan fingerprint density at radius 1 is 0.889 bits per heavy atom. The monoisotopic (exact) mass is 246 g/mol. The highest BCUT2D eigenvalue weighted by molar-refractivity contribution is 5.30. The molecule has 0 aliphatic rings. The van der Waals surface area contributed by atoms with Gasteiger partial charge in [-0.1, -0.05) is 30.3 Å². The zero-order chi connectivity index (χ0) is 12.8. The molecule has 94 valence electrons. The van der Waals surface area contributed by atoms with Crippen molar-refractivity contribution in [1.29, 1.82) is 0 Å². The van der Waals surface area contributed by atoms with Gasteiger partial charge in [0, 0.05) is 0 Å². The van der Waals surface area contributed by atoms with Crippen molar-refractivity contribution in [1.82, 2.24) is 0 Å². The van der Waals surface area contributed by atoms with Gasteiger partial charge in [-0.2, -0.15) is 0 Å². The molecular formula is C15H15FO2. The average molecular weight is 246 g/mol. The largest absolute Gasteiger partial charge is 0.490 e. The van der Waals surface area contributed by atoms with E-state index in [1.807, 2.05) is 30.3 Å². The molecule has 3 heteroatoms. The molecule has 0 N–H and O–H groups in total. The van der Waals surface area contributed by atoms with Crippen molar-refractivity contribution in [2.45, 2.75) is 6.92 Å². The van der Waals surface area contributed by atoms with Gasteiger partial charge in [0.05, 0.1) is 0 Å². The van der Waals surface area contributed by atoms with Gasteiger partial charge in [0.15, 0.2) is 11.6 Å². The van der Waals surface area contributed by atoms with Crippen LogP contribution in [0.5, 0.6) is 11.5 Å². The number of para-hydroxylation sites is 1. The quantitative estimate of drug-likeness (QED) is 0.750. The number of hydrogen-bond acceptors (Lipinski definition) is 2. The molecule has 0 aliphatic heterocycles. The van der Waals surface area contributed by atoms with Crippen molar-refractivity contribution in [2.75, 3.05) is 13.2 Å². The Balaban J connectivity index is 1.81. The molecule has 0 amide bonds. The number of aryl methyl sites for hydroxylation is 1. The Labute approximate surface area is 106 Å². The fourth-order valence-electron chi connectivity index (χ4n) is 1.56. The van der Waals surface area contributed by atoms with Crippen LogP contribution in [0.25, 0.3) is 0 Å². The lowest BCUT2D eigenvalue weighted by atomic mass is 10.2. The summed E-state index contributed by atoms with van der Waals surface area (Å²) in [5.41, 5.74) is 0.580. The standard InChI is InChI=1S/C15H15FO2/c1-12-6-5-9-14(15(12)16)18-11-10-17-13-7-3-2-4-8-13/h2-9H,10-11H2,1H3. The fraction of sp³-hybridized carbons (Fsp3) is 0.200. The summed E-state index contributed by atoms with van der Waals surface area (Å²) in [6.07, 6.45) is 0. The van der Waals surface area contributed by atoms with Crippen LogP contribution in [0.2, 0.25) is 0 Å². The minimum atomic E-state index is -0.308. The van der Waals surface area contributed by atoms with E-state index in [2.05, 4.69) is 0 Å². The third kappa shape index (κ3) is 3.23. The van der Waals surface area contributed by atoms with Gasteiger partial charge in [-0.25, -0.2) is 4.39 Å². The number of hydrogen-bond donors (Lipinski definition) is 0. The van der Waals surface area contributed by atoms with Gasteiger partial charge in [0.1, 0.15) is 19.0 Å². The maximum absolute atomic E-state index is 13.6. The third-order valence-corrected chi connectivity index (χ3v) is 2.51. The minimum Gasteiger partial charge on any atom is -0.490 e. The molecule has 0 atom stereocenters. The molecule has 0 unspecified atom stereocenters. The summed E-state index contributed by atoms with van der Waals surface area (Å²) < 4.78 is 24.4. The number of ether oxygens (including phenoxy) is 2. The first-order valence-corrected chi connectivity index (χ1v) is 5.83. The first kappa shape index (κ1) is 12.4. The first-order chi connectivity index (χ1) is 8.77. The van der Waals surface area contributed by atoms with Crippen LogP contribution in [0, 0.1) is 12.7 Å². The van der Waals surface area contributed by atoms with Crippen LogP contribution in [0.15, 0.2) is 48.5 Å². The Hall–Kier alpha value is -2.03. The second kappa shape index (κ2) is 6.05. The maximum Gasteiger partial charge on any atom is 0.167 e. The van der Waals surface area contributed by atoms with Crippen LogP contribution < -0.4 is 9.47 Å². The highest BCUT2D eigenvalue weighted by Gasteiger charge is 2.05. The Morgan fingerprint density at radius 3 is 2.39 bits per heavy atom. The van der Waals surface area contributed by atoms with Gasteiger partial charge in [0.25, 0.3) is 0 Å². The van der Waals surface area contributed by atoms with Crippen molar-refractivity contribution in [2.24, 2.45) is 0 Å². The van der Waals surface area contributed by atoms with Crippen molar-refractivity contribution >= 4 is 0 Å². The molecule has 0 spiro atoms. The van der Waals surface area contributed by atoms with Gasteiger partial charge >= 0.3 is 0 Å². The molecule has 0 aliphatic carbocycles. The van der Waals surface area contributed by atoms with Crippen molar-refractivity contribution < 1.29 is 13.9 Å². The van der Waals surface area contributed by atoms with E-state index in [9.17, 15) is 4.39 Å². The van der Waals surface area contributed by atoms with Crippen LogP contribution in [0.3, 0.4) is 0 Å². The summed E-state index contributed by atoms with van der Waals surface area (Å²) >= 11 is 0. The predicted octanol–water partition coefficient (Wildman–Crippen LogP) is 3.59. The summed E-state index contributed by atoms with van der Waals surface area (Å²) in [5, 5.41) is 0. The zero-order valence-electron chi connectivity index (χ0n) is 10.2. The van der Waals surface area contributed by atoms with Crippen LogP contribution >= 0.6 is 0 Å². The van der Waals surface area contributed by atoms with Gasteiger partial charge in [0.2, 0.25) is 0 Å². The van der Waals surface area contributed by atoms with E-state index >= 15 is 0 Å². The summed E-state index contributed by atoms with van der Waals surface area (Å²) in [4.78, 5) is 0. The maximum atomic E-state index is 13.6. The molecule has 0 bridgehead atoms. The first-order valence-electron chi connectivity index (χ1n) is 5.83. The van der Waals surface area contributed by atoms with Crippen molar-refractivity contribution in [3.63, 3.8) is 0 Å². The summed E-state index contributed by atoms with van der Waals surface area (Å²) in [7, 11) is 0. The molecule has 0 fully saturated rings. The normalized spacial score (nSPS) is 10.1.